The van der Waals surface area contributed by atoms with Crippen LogP contribution in [0.1, 0.15) is 24.6 Å². The number of pyridine rings is 1. The SMILES string of the molecule is CC\C=C/C=C(Br)\C=C\c1ccc(C)cn1. The van der Waals surface area contributed by atoms with Gasteiger partial charge in [-0.1, -0.05) is 41.1 Å². The minimum absolute atomic E-state index is 0.968. The summed E-state index contributed by atoms with van der Waals surface area (Å²) in [5.74, 6) is 0. The van der Waals surface area contributed by atoms with Crippen molar-refractivity contribution < 1.29 is 0 Å². The predicted molar refractivity (Wildman–Crippen MR) is 74.4 cm³/mol. The molecule has 1 aromatic heterocycles. The second kappa shape index (κ2) is 7.18. The van der Waals surface area contributed by atoms with Crippen LogP contribution >= 0.6 is 15.9 Å². The molecule has 2 heteroatoms. The fourth-order valence-electron chi connectivity index (χ4n) is 1.09. The van der Waals surface area contributed by atoms with Crippen molar-refractivity contribution in [1.82, 2.24) is 4.98 Å². The van der Waals surface area contributed by atoms with Gasteiger partial charge in [0.05, 0.1) is 5.69 Å². The summed E-state index contributed by atoms with van der Waals surface area (Å²) in [6, 6.07) is 4.06. The van der Waals surface area contributed by atoms with E-state index in [2.05, 4.69) is 40.0 Å². The molecule has 0 aliphatic carbocycles. The molecule has 0 saturated carbocycles. The Morgan fingerprint density at radius 3 is 2.88 bits per heavy atom. The highest BCUT2D eigenvalue weighted by Gasteiger charge is 1.88. The van der Waals surface area contributed by atoms with Crippen LogP contribution in [0.4, 0.5) is 0 Å². The lowest BCUT2D eigenvalue weighted by Gasteiger charge is -1.93. The summed E-state index contributed by atoms with van der Waals surface area (Å²) >= 11 is 3.48. The van der Waals surface area contributed by atoms with E-state index in [1.54, 1.807) is 0 Å². The van der Waals surface area contributed by atoms with E-state index in [4.69, 9.17) is 0 Å². The molecule has 0 spiro atoms. The van der Waals surface area contributed by atoms with Crippen LogP contribution in [0.3, 0.4) is 0 Å². The number of hydrogen-bond acceptors (Lipinski definition) is 1. The van der Waals surface area contributed by atoms with Gasteiger partial charge in [0.15, 0.2) is 0 Å². The summed E-state index contributed by atoms with van der Waals surface area (Å²) in [6.45, 7) is 4.15. The maximum atomic E-state index is 4.29. The maximum absolute atomic E-state index is 4.29. The highest BCUT2D eigenvalue weighted by atomic mass is 79.9. The number of aryl methyl sites for hydroxylation is 1. The van der Waals surface area contributed by atoms with Crippen molar-refractivity contribution in [2.45, 2.75) is 20.3 Å². The van der Waals surface area contributed by atoms with Crippen LogP contribution in [0.2, 0.25) is 0 Å². The second-order valence-electron chi connectivity index (χ2n) is 3.48. The molecule has 0 saturated heterocycles. The Morgan fingerprint density at radius 2 is 2.25 bits per heavy atom. The third kappa shape index (κ3) is 5.08. The molecule has 0 aliphatic heterocycles. The van der Waals surface area contributed by atoms with E-state index >= 15 is 0 Å². The Bertz CT molecular complexity index is 399. The molecule has 0 atom stereocenters. The van der Waals surface area contributed by atoms with Crippen LogP contribution in [0.25, 0.3) is 6.08 Å². The van der Waals surface area contributed by atoms with Gasteiger partial charge in [-0.15, -0.1) is 0 Å². The van der Waals surface area contributed by atoms with Gasteiger partial charge in [0.2, 0.25) is 0 Å². The van der Waals surface area contributed by atoms with Crippen molar-refractivity contribution >= 4 is 22.0 Å². The van der Waals surface area contributed by atoms with Crippen LogP contribution in [0.5, 0.6) is 0 Å². The van der Waals surface area contributed by atoms with E-state index in [0.717, 1.165) is 16.6 Å². The first-order valence-corrected chi connectivity index (χ1v) is 6.14. The van der Waals surface area contributed by atoms with Crippen molar-refractivity contribution in [3.8, 4) is 0 Å². The average Bonchev–Trinajstić information content (AvgIpc) is 2.29. The third-order valence-electron chi connectivity index (χ3n) is 1.97. The van der Waals surface area contributed by atoms with E-state index < -0.39 is 0 Å². The van der Waals surface area contributed by atoms with Crippen molar-refractivity contribution in [3.05, 3.63) is 58.4 Å². The van der Waals surface area contributed by atoms with Gasteiger partial charge in [0.25, 0.3) is 0 Å². The minimum atomic E-state index is 0.968. The zero-order valence-corrected chi connectivity index (χ0v) is 11.2. The van der Waals surface area contributed by atoms with Gasteiger partial charge < -0.3 is 0 Å². The molecule has 0 aliphatic rings. The van der Waals surface area contributed by atoms with Gasteiger partial charge in [0.1, 0.15) is 0 Å². The summed E-state index contributed by atoms with van der Waals surface area (Å²) in [6.07, 6.45) is 13.1. The molecule has 1 heterocycles. The lowest BCUT2D eigenvalue weighted by molar-refractivity contribution is 1.22. The molecule has 0 unspecified atom stereocenters. The first-order chi connectivity index (χ1) is 7.72. The molecule has 0 N–H and O–H groups in total. The summed E-state index contributed by atoms with van der Waals surface area (Å²) in [7, 11) is 0. The fourth-order valence-corrected chi connectivity index (χ4v) is 1.38. The van der Waals surface area contributed by atoms with Gasteiger partial charge in [-0.05, 0) is 43.2 Å². The number of rotatable bonds is 4. The molecule has 1 rings (SSSR count). The Balaban J connectivity index is 2.62. The number of hydrogen-bond donors (Lipinski definition) is 0. The number of allylic oxidation sites excluding steroid dienone is 5. The molecule has 16 heavy (non-hydrogen) atoms. The molecule has 0 amide bonds. The van der Waals surface area contributed by atoms with Gasteiger partial charge >= 0.3 is 0 Å². The predicted octanol–water partition coefficient (Wildman–Crippen LogP) is 4.65. The standard InChI is InChI=1S/C14H16BrN/c1-3-4-5-6-13(15)8-10-14-9-7-12(2)11-16-14/h4-11H,3H2,1-2H3/b5-4-,10-8+,13-6+. The van der Waals surface area contributed by atoms with E-state index in [9.17, 15) is 0 Å². The summed E-state index contributed by atoms with van der Waals surface area (Å²) < 4.78 is 1.04. The van der Waals surface area contributed by atoms with Crippen LogP contribution < -0.4 is 0 Å². The number of aromatic nitrogens is 1. The Kier molecular flexibility index (Phi) is 5.79. The lowest BCUT2D eigenvalue weighted by Crippen LogP contribution is -1.80. The Labute approximate surface area is 106 Å². The van der Waals surface area contributed by atoms with Crippen molar-refractivity contribution in [3.63, 3.8) is 0 Å². The third-order valence-corrected chi connectivity index (χ3v) is 2.50. The molecular weight excluding hydrogens is 262 g/mol. The first kappa shape index (κ1) is 12.9. The van der Waals surface area contributed by atoms with E-state index in [1.807, 2.05) is 43.5 Å². The van der Waals surface area contributed by atoms with Crippen molar-refractivity contribution in [2.24, 2.45) is 0 Å². The van der Waals surface area contributed by atoms with E-state index in [1.165, 1.54) is 5.56 Å². The lowest BCUT2D eigenvalue weighted by atomic mass is 10.2. The maximum Gasteiger partial charge on any atom is 0.0630 e. The molecule has 0 radical (unpaired) electrons. The van der Waals surface area contributed by atoms with Crippen LogP contribution in [0, 0.1) is 6.92 Å². The van der Waals surface area contributed by atoms with Gasteiger partial charge in [0, 0.05) is 10.7 Å². The quantitative estimate of drug-likeness (QED) is 0.731. The number of halogens is 1. The van der Waals surface area contributed by atoms with Crippen LogP contribution in [0.15, 0.2) is 47.1 Å². The Hall–Kier alpha value is -1.15. The first-order valence-electron chi connectivity index (χ1n) is 5.35. The topological polar surface area (TPSA) is 12.9 Å². The molecular formula is C14H16BrN. The Morgan fingerprint density at radius 1 is 1.44 bits per heavy atom. The highest BCUT2D eigenvalue weighted by molar-refractivity contribution is 9.11. The van der Waals surface area contributed by atoms with E-state index in [-0.39, 0.29) is 0 Å². The highest BCUT2D eigenvalue weighted by Crippen LogP contribution is 2.10. The van der Waals surface area contributed by atoms with Crippen molar-refractivity contribution in [1.29, 1.82) is 0 Å². The normalized spacial score (nSPS) is 12.8. The largest absolute Gasteiger partial charge is 0.257 e. The summed E-state index contributed by atoms with van der Waals surface area (Å²) in [4.78, 5) is 4.29. The molecule has 1 aromatic rings. The monoisotopic (exact) mass is 277 g/mol. The average molecular weight is 278 g/mol. The number of nitrogens with zero attached hydrogens (tertiary/aromatic N) is 1. The minimum Gasteiger partial charge on any atom is -0.257 e. The summed E-state index contributed by atoms with van der Waals surface area (Å²) in [5, 5.41) is 0. The molecule has 84 valence electrons. The van der Waals surface area contributed by atoms with Crippen LogP contribution in [-0.4, -0.2) is 4.98 Å². The molecule has 0 bridgehead atoms. The van der Waals surface area contributed by atoms with Crippen molar-refractivity contribution in [2.75, 3.05) is 0 Å². The summed E-state index contributed by atoms with van der Waals surface area (Å²) in [5.41, 5.74) is 2.15. The van der Waals surface area contributed by atoms with Gasteiger partial charge in [-0.25, -0.2) is 0 Å². The zero-order valence-electron chi connectivity index (χ0n) is 9.65. The zero-order chi connectivity index (χ0) is 11.8. The second-order valence-corrected chi connectivity index (χ2v) is 4.40. The molecule has 0 fully saturated rings. The van der Waals surface area contributed by atoms with Gasteiger partial charge in [-0.3, -0.25) is 4.98 Å². The fraction of sp³-hybridized carbons (Fsp3) is 0.214. The van der Waals surface area contributed by atoms with Crippen LogP contribution in [-0.2, 0) is 0 Å². The smallest absolute Gasteiger partial charge is 0.0630 e. The van der Waals surface area contributed by atoms with E-state index in [0.29, 0.717) is 0 Å². The van der Waals surface area contributed by atoms with Gasteiger partial charge in [-0.2, -0.15) is 0 Å². The molecule has 1 nitrogen and oxygen atoms in total. The molecule has 0 aromatic carbocycles.